The van der Waals surface area contributed by atoms with E-state index in [4.69, 9.17) is 0 Å². The van der Waals surface area contributed by atoms with Crippen molar-refractivity contribution in [3.05, 3.63) is 54.0 Å². The van der Waals surface area contributed by atoms with Gasteiger partial charge in [-0.25, -0.2) is 4.39 Å². The zero-order valence-corrected chi connectivity index (χ0v) is 17.9. The first-order valence-electron chi connectivity index (χ1n) is 10.9. The lowest BCUT2D eigenvalue weighted by Gasteiger charge is -2.42. The Morgan fingerprint density at radius 3 is 2.41 bits per heavy atom. The highest BCUT2D eigenvalue weighted by molar-refractivity contribution is 5.95. The average Bonchev–Trinajstić information content (AvgIpc) is 3.15. The molecule has 3 aromatic rings. The predicted molar refractivity (Wildman–Crippen MR) is 117 cm³/mol. The Hall–Kier alpha value is -3.26. The van der Waals surface area contributed by atoms with Gasteiger partial charge in [0.2, 0.25) is 0 Å². The number of hydrogen-bond donors (Lipinski definition) is 1. The van der Waals surface area contributed by atoms with Crippen molar-refractivity contribution in [3.8, 4) is 11.1 Å². The van der Waals surface area contributed by atoms with Crippen LogP contribution in [0, 0.1) is 5.82 Å². The van der Waals surface area contributed by atoms with Crippen molar-refractivity contribution in [2.75, 3.05) is 26.2 Å². The summed E-state index contributed by atoms with van der Waals surface area (Å²) < 4.78 is 16.7. The van der Waals surface area contributed by atoms with Crippen LogP contribution in [0.2, 0.25) is 0 Å². The van der Waals surface area contributed by atoms with Gasteiger partial charge in [-0.3, -0.25) is 14.3 Å². The maximum atomic E-state index is 14.9. The van der Waals surface area contributed by atoms with Gasteiger partial charge in [0.15, 0.2) is 0 Å². The van der Waals surface area contributed by atoms with Crippen LogP contribution in [0.15, 0.2) is 42.6 Å². The Morgan fingerprint density at radius 1 is 1.03 bits per heavy atom. The summed E-state index contributed by atoms with van der Waals surface area (Å²) in [6.45, 7) is 1.47. The number of piperazine rings is 1. The van der Waals surface area contributed by atoms with Crippen LogP contribution in [0.1, 0.15) is 29.6 Å². The molecule has 0 bridgehead atoms. The highest BCUT2D eigenvalue weighted by Crippen LogP contribution is 2.33. The Bertz CT molecular complexity index is 1210. The highest BCUT2D eigenvalue weighted by atomic mass is 19.1. The molecule has 2 amide bonds. The lowest BCUT2D eigenvalue weighted by atomic mass is 9.79. The van der Waals surface area contributed by atoms with Crippen LogP contribution < -0.4 is 0 Å². The van der Waals surface area contributed by atoms with Gasteiger partial charge in [-0.2, -0.15) is 5.10 Å². The number of halogens is 1. The third-order valence-corrected chi connectivity index (χ3v) is 6.58. The monoisotopic (exact) mass is 436 g/mol. The number of aromatic nitrogens is 2. The Kier molecular flexibility index (Phi) is 4.97. The van der Waals surface area contributed by atoms with Crippen molar-refractivity contribution in [1.82, 2.24) is 19.6 Å². The van der Waals surface area contributed by atoms with E-state index in [2.05, 4.69) is 5.10 Å². The molecule has 2 fully saturated rings. The minimum absolute atomic E-state index is 0.240. The second-order valence-corrected chi connectivity index (χ2v) is 8.74. The minimum atomic E-state index is -1.22. The molecule has 0 spiro atoms. The molecule has 2 heterocycles. The van der Waals surface area contributed by atoms with Gasteiger partial charge in [0, 0.05) is 55.9 Å². The van der Waals surface area contributed by atoms with E-state index in [0.717, 1.165) is 17.3 Å². The molecule has 7 nitrogen and oxygen atoms in total. The van der Waals surface area contributed by atoms with E-state index in [9.17, 15) is 19.1 Å². The molecule has 2 aromatic carbocycles. The molecule has 166 valence electrons. The van der Waals surface area contributed by atoms with Crippen LogP contribution in [0.25, 0.3) is 22.0 Å². The number of carbonyl (C=O) groups is 2. The molecule has 1 saturated heterocycles. The van der Waals surface area contributed by atoms with Crippen molar-refractivity contribution >= 4 is 22.7 Å². The summed E-state index contributed by atoms with van der Waals surface area (Å²) in [6.07, 6.45) is 3.77. The average molecular weight is 436 g/mol. The van der Waals surface area contributed by atoms with Crippen LogP contribution in [0.3, 0.4) is 0 Å². The normalized spacial score (nSPS) is 18.0. The summed E-state index contributed by atoms with van der Waals surface area (Å²) in [5, 5.41) is 15.6. The first-order chi connectivity index (χ1) is 15.3. The summed E-state index contributed by atoms with van der Waals surface area (Å²) >= 11 is 0. The number of amides is 2. The van der Waals surface area contributed by atoms with Crippen LogP contribution in [-0.2, 0) is 11.8 Å². The van der Waals surface area contributed by atoms with Crippen molar-refractivity contribution in [1.29, 1.82) is 0 Å². The molecule has 8 heteroatoms. The van der Waals surface area contributed by atoms with Gasteiger partial charge in [-0.15, -0.1) is 0 Å². The molecule has 1 aliphatic carbocycles. The molecular formula is C24H25FN4O3. The van der Waals surface area contributed by atoms with E-state index < -0.39 is 11.4 Å². The van der Waals surface area contributed by atoms with Crippen LogP contribution in [0.5, 0.6) is 0 Å². The number of fused-ring (bicyclic) bond motifs is 1. The number of aryl methyl sites for hydroxylation is 1. The van der Waals surface area contributed by atoms with Gasteiger partial charge in [-0.1, -0.05) is 18.2 Å². The number of nitrogens with zero attached hydrogens (tertiary/aromatic N) is 4. The third kappa shape index (κ3) is 3.54. The quantitative estimate of drug-likeness (QED) is 0.685. The first-order valence-corrected chi connectivity index (χ1v) is 10.9. The SMILES string of the molecule is Cn1cc2ccc(-c3ccc(C(=O)N4CCN(C(=O)C5(O)CCC5)CC4)cc3F)cc2n1. The van der Waals surface area contributed by atoms with Gasteiger partial charge in [0.05, 0.1) is 5.52 Å². The molecule has 2 aliphatic rings. The summed E-state index contributed by atoms with van der Waals surface area (Å²) in [4.78, 5) is 28.6. The first kappa shape index (κ1) is 20.6. The zero-order valence-electron chi connectivity index (χ0n) is 17.9. The maximum Gasteiger partial charge on any atom is 0.254 e. The van der Waals surface area contributed by atoms with Crippen LogP contribution >= 0.6 is 0 Å². The molecule has 0 radical (unpaired) electrons. The molecule has 5 rings (SSSR count). The third-order valence-electron chi connectivity index (χ3n) is 6.58. The van der Waals surface area contributed by atoms with Crippen molar-refractivity contribution in [2.24, 2.45) is 7.05 Å². The van der Waals surface area contributed by atoms with Crippen molar-refractivity contribution < 1.29 is 19.1 Å². The van der Waals surface area contributed by atoms with Crippen LogP contribution in [0.4, 0.5) is 4.39 Å². The molecule has 1 aromatic heterocycles. The van der Waals surface area contributed by atoms with Gasteiger partial charge < -0.3 is 14.9 Å². The second-order valence-electron chi connectivity index (χ2n) is 8.74. The number of benzene rings is 2. The van der Waals surface area contributed by atoms with E-state index >= 15 is 0 Å². The summed E-state index contributed by atoms with van der Waals surface area (Å²) in [5.41, 5.74) is 0.960. The largest absolute Gasteiger partial charge is 0.380 e. The Morgan fingerprint density at radius 2 is 1.75 bits per heavy atom. The second kappa shape index (κ2) is 7.70. The molecule has 0 unspecified atom stereocenters. The van der Waals surface area contributed by atoms with E-state index in [1.165, 1.54) is 6.07 Å². The van der Waals surface area contributed by atoms with Crippen LogP contribution in [-0.4, -0.2) is 68.3 Å². The topological polar surface area (TPSA) is 78.7 Å². The molecule has 0 atom stereocenters. The Balaban J connectivity index is 1.28. The van der Waals surface area contributed by atoms with Gasteiger partial charge in [-0.05, 0) is 43.0 Å². The molecule has 1 saturated carbocycles. The van der Waals surface area contributed by atoms with Gasteiger partial charge in [0.25, 0.3) is 11.8 Å². The van der Waals surface area contributed by atoms with Gasteiger partial charge >= 0.3 is 0 Å². The van der Waals surface area contributed by atoms with E-state index in [1.54, 1.807) is 26.6 Å². The van der Waals surface area contributed by atoms with Gasteiger partial charge in [0.1, 0.15) is 11.4 Å². The van der Waals surface area contributed by atoms with E-state index in [1.807, 2.05) is 31.4 Å². The fourth-order valence-electron chi connectivity index (χ4n) is 4.50. The molecule has 1 N–H and O–H groups in total. The summed E-state index contributed by atoms with van der Waals surface area (Å²) in [7, 11) is 1.84. The fraction of sp³-hybridized carbons (Fsp3) is 0.375. The summed E-state index contributed by atoms with van der Waals surface area (Å²) in [5.74, 6) is -0.964. The molecule has 1 aliphatic heterocycles. The summed E-state index contributed by atoms with van der Waals surface area (Å²) in [6, 6.07) is 10.1. The Labute approximate surface area is 185 Å². The molecular weight excluding hydrogens is 411 g/mol. The standard InChI is InChI=1S/C24H25FN4O3/c1-27-15-18-4-3-16(14-21(18)26-27)19-6-5-17(13-20(19)25)22(30)28-9-11-29(12-10-28)23(31)24(32)7-2-8-24/h3-6,13-15,32H,2,7-12H2,1H3. The lowest BCUT2D eigenvalue weighted by Crippen LogP contribution is -2.58. The smallest absolute Gasteiger partial charge is 0.254 e. The maximum absolute atomic E-state index is 14.9. The van der Waals surface area contributed by atoms with Crippen molar-refractivity contribution in [2.45, 2.75) is 24.9 Å². The fourth-order valence-corrected chi connectivity index (χ4v) is 4.50. The number of hydrogen-bond acceptors (Lipinski definition) is 4. The highest BCUT2D eigenvalue weighted by Gasteiger charge is 2.45. The molecule has 32 heavy (non-hydrogen) atoms. The van der Waals surface area contributed by atoms with Crippen molar-refractivity contribution in [3.63, 3.8) is 0 Å². The number of rotatable bonds is 3. The predicted octanol–water partition coefficient (Wildman–Crippen LogP) is 2.58. The van der Waals surface area contributed by atoms with E-state index in [-0.39, 0.29) is 17.4 Å². The number of carbonyl (C=O) groups excluding carboxylic acids is 2. The minimum Gasteiger partial charge on any atom is -0.380 e. The number of aliphatic hydroxyl groups is 1. The zero-order chi connectivity index (χ0) is 22.5. The van der Waals surface area contributed by atoms with E-state index in [0.29, 0.717) is 50.1 Å². The lowest BCUT2D eigenvalue weighted by molar-refractivity contribution is -0.161.